The molecule has 0 aliphatic carbocycles. The molecule has 2 N–H and O–H groups in total. The lowest BCUT2D eigenvalue weighted by molar-refractivity contribution is -0.142. The number of fused-ring (bicyclic) bond motifs is 5. The summed E-state index contributed by atoms with van der Waals surface area (Å²) in [5.74, 6) is -3.41. The zero-order chi connectivity index (χ0) is 33.4. The number of halogens is 5. The molecule has 2 aromatic heterocycles. The molecule has 2 unspecified atom stereocenters. The van der Waals surface area contributed by atoms with Gasteiger partial charge in [0, 0.05) is 46.8 Å². The van der Waals surface area contributed by atoms with Crippen LogP contribution in [0, 0.1) is 11.6 Å². The average Bonchev–Trinajstić information content (AvgIpc) is 3.51. The minimum atomic E-state index is -5.18. The van der Waals surface area contributed by atoms with Gasteiger partial charge in [0.1, 0.15) is 29.4 Å². The summed E-state index contributed by atoms with van der Waals surface area (Å²) in [4.78, 5) is 26.1. The van der Waals surface area contributed by atoms with E-state index in [4.69, 9.17) is 8.85 Å². The number of likely N-dealkylation sites (tertiary alicyclic amines) is 1. The van der Waals surface area contributed by atoms with Gasteiger partial charge in [-0.1, -0.05) is 6.07 Å². The molecule has 4 fully saturated rings. The number of alkyl halides is 3. The molecule has 6 heterocycles. The van der Waals surface area contributed by atoms with Crippen LogP contribution in [0.1, 0.15) is 35.5 Å². The van der Waals surface area contributed by atoms with Crippen molar-refractivity contribution in [2.75, 3.05) is 38.1 Å². The van der Waals surface area contributed by atoms with Gasteiger partial charge in [-0.15, -0.1) is 0 Å². The van der Waals surface area contributed by atoms with Crippen LogP contribution in [0.5, 0.6) is 11.8 Å². The van der Waals surface area contributed by atoms with Gasteiger partial charge >= 0.3 is 12.2 Å². The summed E-state index contributed by atoms with van der Waals surface area (Å²) in [5, 5.41) is 12.7. The summed E-state index contributed by atoms with van der Waals surface area (Å²) in [5.41, 5.74) is -4.06. The first-order valence-electron chi connectivity index (χ1n) is 15.8. The summed E-state index contributed by atoms with van der Waals surface area (Å²) in [6.45, 7) is -1.30. The summed E-state index contributed by atoms with van der Waals surface area (Å²) in [7, 11) is 0. The second-order valence-corrected chi connectivity index (χ2v) is 11.5. The summed E-state index contributed by atoms with van der Waals surface area (Å²) < 4.78 is 104. The van der Waals surface area contributed by atoms with E-state index in [1.54, 1.807) is 0 Å². The third kappa shape index (κ3) is 4.80. The number of likely N-dealkylation sites (N-methyl/N-ethyl adjacent to an activating group) is 1. The fraction of sp³-hybridized carbons (Fsp3) is 0.433. The number of phenolic OH excluding ortho intramolecular Hbond substituents is 1. The van der Waals surface area contributed by atoms with Crippen molar-refractivity contribution < 1.29 is 35.9 Å². The number of piperidine rings is 2. The van der Waals surface area contributed by atoms with E-state index < -0.39 is 64.4 Å². The Bertz CT molecular complexity index is 1950. The number of anilines is 1. The highest BCUT2D eigenvalue weighted by atomic mass is 19.4. The van der Waals surface area contributed by atoms with Gasteiger partial charge in [-0.3, -0.25) is 9.36 Å². The van der Waals surface area contributed by atoms with E-state index in [0.29, 0.717) is 38.5 Å². The smallest absolute Gasteiger partial charge is 0.431 e. The molecule has 14 heteroatoms. The fourth-order valence-corrected chi connectivity index (χ4v) is 6.57. The lowest BCUT2D eigenvalue weighted by atomic mass is 9.93. The number of phenols is 1. The minimum Gasteiger partial charge on any atom is -0.508 e. The van der Waals surface area contributed by atoms with Crippen LogP contribution in [0.3, 0.4) is 0 Å². The van der Waals surface area contributed by atoms with Crippen LogP contribution in [0.4, 0.5) is 27.8 Å². The van der Waals surface area contributed by atoms with Crippen molar-refractivity contribution in [2.24, 2.45) is 0 Å². The number of nitrogens with one attached hydrogen (secondary N) is 1. The van der Waals surface area contributed by atoms with Crippen LogP contribution in [0.15, 0.2) is 35.1 Å². The zero-order valence-electron chi connectivity index (χ0n) is 26.2. The number of hydrogen-bond donors (Lipinski definition) is 2. The molecule has 8 rings (SSSR count). The monoisotopic (exact) mass is 619 g/mol. The third-order valence-electron chi connectivity index (χ3n) is 8.74. The molecule has 232 valence electrons. The summed E-state index contributed by atoms with van der Waals surface area (Å²) in [6, 6.07) is 3.33. The SMILES string of the molecule is [2H]C([2H])([2H])N1CCC[C@H]1COc1nc(N2CC3CCC2CN3)c2cc(C(F)(F)F)n(-c3cc(O)cc4ccc(F)c(F)c34)c(=O)c2n1. The minimum absolute atomic E-state index is 0.0275. The van der Waals surface area contributed by atoms with Crippen molar-refractivity contribution in [1.82, 2.24) is 24.8 Å². The van der Waals surface area contributed by atoms with Crippen molar-refractivity contribution in [3.8, 4) is 17.4 Å². The number of nitrogens with zero attached hydrogens (tertiary/aromatic N) is 5. The first kappa shape index (κ1) is 25.3. The fourth-order valence-electron chi connectivity index (χ4n) is 6.57. The Balaban J connectivity index is 1.46. The van der Waals surface area contributed by atoms with E-state index in [1.165, 1.54) is 4.90 Å². The first-order chi connectivity index (χ1) is 22.2. The highest BCUT2D eigenvalue weighted by molar-refractivity contribution is 5.94. The second-order valence-electron chi connectivity index (χ2n) is 11.5. The van der Waals surface area contributed by atoms with Crippen molar-refractivity contribution >= 4 is 27.5 Å². The molecule has 4 aliphatic heterocycles. The molecule has 3 atom stereocenters. The molecular formula is C30H29F5N6O3. The van der Waals surface area contributed by atoms with Gasteiger partial charge < -0.3 is 25.0 Å². The number of benzene rings is 2. The van der Waals surface area contributed by atoms with E-state index in [9.17, 15) is 27.5 Å². The Hall–Kier alpha value is -4.04. The quantitative estimate of drug-likeness (QED) is 0.319. The highest BCUT2D eigenvalue weighted by Gasteiger charge is 2.40. The maximum atomic E-state index is 15.2. The van der Waals surface area contributed by atoms with Gasteiger partial charge in [-0.25, -0.2) is 8.78 Å². The number of aromatic hydroxyl groups is 1. The van der Waals surface area contributed by atoms with Gasteiger partial charge in [0.05, 0.1) is 11.1 Å². The maximum absolute atomic E-state index is 15.2. The predicted octanol–water partition coefficient (Wildman–Crippen LogP) is 4.35. The van der Waals surface area contributed by atoms with Gasteiger partial charge in [0.15, 0.2) is 11.6 Å². The molecule has 4 aliphatic rings. The summed E-state index contributed by atoms with van der Waals surface area (Å²) >= 11 is 0. The van der Waals surface area contributed by atoms with Gasteiger partial charge in [0.2, 0.25) is 0 Å². The summed E-state index contributed by atoms with van der Waals surface area (Å²) in [6.07, 6.45) is -2.49. The molecule has 0 saturated carbocycles. The topological polar surface area (TPSA) is 95.8 Å². The molecule has 2 bridgehead atoms. The second kappa shape index (κ2) is 10.5. The normalized spacial score (nSPS) is 23.7. The molecule has 0 amide bonds. The highest BCUT2D eigenvalue weighted by Crippen LogP contribution is 2.39. The van der Waals surface area contributed by atoms with Crippen molar-refractivity contribution in [1.29, 1.82) is 0 Å². The molecule has 2 aromatic carbocycles. The van der Waals surface area contributed by atoms with E-state index >= 15 is 4.39 Å². The van der Waals surface area contributed by atoms with Crippen molar-refractivity contribution in [3.05, 3.63) is 58.0 Å². The van der Waals surface area contributed by atoms with Crippen molar-refractivity contribution in [2.45, 2.75) is 50.0 Å². The third-order valence-corrected chi connectivity index (χ3v) is 8.74. The lowest BCUT2D eigenvalue weighted by Crippen LogP contribution is -2.61. The first-order valence-corrected chi connectivity index (χ1v) is 14.3. The van der Waals surface area contributed by atoms with Gasteiger partial charge in [0.25, 0.3) is 5.56 Å². The number of hydrogen-bond acceptors (Lipinski definition) is 8. The van der Waals surface area contributed by atoms with Crippen molar-refractivity contribution in [3.63, 3.8) is 0 Å². The van der Waals surface area contributed by atoms with Gasteiger partial charge in [-0.2, -0.15) is 23.1 Å². The predicted molar refractivity (Wildman–Crippen MR) is 153 cm³/mol. The molecule has 44 heavy (non-hydrogen) atoms. The van der Waals surface area contributed by atoms with Crippen LogP contribution in [0.2, 0.25) is 0 Å². The molecule has 9 nitrogen and oxygen atoms in total. The van der Waals surface area contributed by atoms with Crippen LogP contribution in [0.25, 0.3) is 27.4 Å². The van der Waals surface area contributed by atoms with Gasteiger partial charge in [-0.05, 0) is 62.8 Å². The van der Waals surface area contributed by atoms with Crippen LogP contribution in [-0.4, -0.2) is 75.9 Å². The van der Waals surface area contributed by atoms with E-state index in [1.807, 2.05) is 4.90 Å². The lowest BCUT2D eigenvalue weighted by Gasteiger charge is -2.46. The molecular weight excluding hydrogens is 587 g/mol. The number of aromatic nitrogens is 3. The Morgan fingerprint density at radius 2 is 2.00 bits per heavy atom. The Kier molecular flexibility index (Phi) is 6.06. The molecule has 0 radical (unpaired) electrons. The number of pyridine rings is 1. The van der Waals surface area contributed by atoms with E-state index in [-0.39, 0.29) is 45.9 Å². The van der Waals surface area contributed by atoms with E-state index in [0.717, 1.165) is 37.1 Å². The number of ether oxygens (including phenoxy) is 1. The molecule has 0 spiro atoms. The average molecular weight is 620 g/mol. The molecule has 4 aromatic rings. The molecule has 4 saturated heterocycles. The maximum Gasteiger partial charge on any atom is 0.431 e. The van der Waals surface area contributed by atoms with Crippen LogP contribution < -0.4 is 20.5 Å². The Morgan fingerprint density at radius 3 is 2.70 bits per heavy atom. The number of piperazine rings is 1. The Morgan fingerprint density at radius 1 is 1.16 bits per heavy atom. The zero-order valence-corrected chi connectivity index (χ0v) is 23.2. The Labute approximate surface area is 252 Å². The standard InChI is InChI=1S/C30H29F5N6O3/c1-39-8-2-3-18(39)14-44-29-37-26-20(27(38-29)40-13-16-5-6-17(40)12-36-16)11-23(30(33,34)35)41(28(26)43)22-10-19(42)9-15-4-7-21(31)25(32)24(15)22/h4,7,9-11,16-18,36,42H,2-3,5-6,8,12-14H2,1H3/t16?,17?,18-/m0/s1/i1D3. The number of rotatable bonds is 5. The van der Waals surface area contributed by atoms with Crippen LogP contribution in [-0.2, 0) is 6.18 Å². The van der Waals surface area contributed by atoms with E-state index in [2.05, 4.69) is 15.3 Å². The van der Waals surface area contributed by atoms with Crippen LogP contribution >= 0.6 is 0 Å². The largest absolute Gasteiger partial charge is 0.508 e.